The molecule has 164 valence electrons. The molecule has 0 spiro atoms. The zero-order chi connectivity index (χ0) is 23.0. The van der Waals surface area contributed by atoms with Crippen LogP contribution in [-0.2, 0) is 0 Å². The average Bonchev–Trinajstić information content (AvgIpc) is 3.12. The minimum atomic E-state index is -0.945. The van der Waals surface area contributed by atoms with Crippen molar-refractivity contribution in [3.05, 3.63) is 77.7 Å². The van der Waals surface area contributed by atoms with E-state index in [1.54, 1.807) is 24.5 Å². The Kier molecular flexibility index (Phi) is 6.04. The third-order valence-electron chi connectivity index (χ3n) is 5.71. The second-order valence-corrected chi connectivity index (χ2v) is 8.99. The summed E-state index contributed by atoms with van der Waals surface area (Å²) in [5.74, 6) is -0.627. The van der Waals surface area contributed by atoms with E-state index in [0.717, 1.165) is 33.2 Å². The molecule has 2 aromatic heterocycles. The molecule has 32 heavy (non-hydrogen) atoms. The highest BCUT2D eigenvalue weighted by Crippen LogP contribution is 2.38. The topological polar surface area (TPSA) is 58.4 Å². The number of pyridine rings is 1. The molecule has 1 N–H and O–H groups in total. The number of nitrogens with zero attached hydrogens (tertiary/aromatic N) is 3. The van der Waals surface area contributed by atoms with E-state index in [1.807, 2.05) is 50.5 Å². The summed E-state index contributed by atoms with van der Waals surface area (Å²) >= 11 is 6.19. The van der Waals surface area contributed by atoms with Crippen LogP contribution in [0.15, 0.2) is 67.1 Å². The Balaban J connectivity index is 1.99. The molecular formula is C26H26ClN3O2. The molecule has 0 aliphatic heterocycles. The van der Waals surface area contributed by atoms with Gasteiger partial charge in [0.05, 0.1) is 17.2 Å². The standard InChI is InChI=1S/C26H26ClN3O2/c1-16(2)25(29(3)4)30-15-22(24-21(26(31)32)9-6-10-23(24)30)19-11-18(13-28-14-19)17-7-5-8-20(27)12-17/h5-16,25H,1-4H3,(H,31,32). The smallest absolute Gasteiger partial charge is 0.336 e. The molecule has 0 bridgehead atoms. The van der Waals surface area contributed by atoms with E-state index in [0.29, 0.717) is 10.9 Å². The quantitative estimate of drug-likeness (QED) is 0.369. The Hall–Kier alpha value is -3.15. The summed E-state index contributed by atoms with van der Waals surface area (Å²) in [6.45, 7) is 4.33. The van der Waals surface area contributed by atoms with Gasteiger partial charge in [-0.25, -0.2) is 4.79 Å². The number of carbonyl (C=O) groups is 1. The van der Waals surface area contributed by atoms with Gasteiger partial charge in [-0.3, -0.25) is 9.88 Å². The molecule has 5 nitrogen and oxygen atoms in total. The second-order valence-electron chi connectivity index (χ2n) is 8.55. The number of carboxylic acids is 1. The normalized spacial score (nSPS) is 12.6. The Morgan fingerprint density at radius 3 is 2.41 bits per heavy atom. The van der Waals surface area contributed by atoms with Crippen LogP contribution in [0, 0.1) is 5.92 Å². The van der Waals surface area contributed by atoms with Crippen LogP contribution in [0.1, 0.15) is 30.4 Å². The molecule has 0 fully saturated rings. The van der Waals surface area contributed by atoms with Crippen molar-refractivity contribution in [3.8, 4) is 22.3 Å². The molecule has 2 aromatic carbocycles. The number of hydrogen-bond acceptors (Lipinski definition) is 3. The van der Waals surface area contributed by atoms with Gasteiger partial charge in [-0.1, -0.05) is 43.6 Å². The first-order chi connectivity index (χ1) is 15.3. The molecule has 2 heterocycles. The minimum Gasteiger partial charge on any atom is -0.478 e. The van der Waals surface area contributed by atoms with Crippen LogP contribution in [0.5, 0.6) is 0 Å². The van der Waals surface area contributed by atoms with Crippen molar-refractivity contribution in [1.29, 1.82) is 0 Å². The molecule has 1 unspecified atom stereocenters. The van der Waals surface area contributed by atoms with E-state index >= 15 is 0 Å². The fraction of sp³-hybridized carbons (Fsp3) is 0.231. The maximum Gasteiger partial charge on any atom is 0.336 e. The van der Waals surface area contributed by atoms with Crippen molar-refractivity contribution in [2.75, 3.05) is 14.1 Å². The van der Waals surface area contributed by atoms with Crippen molar-refractivity contribution in [1.82, 2.24) is 14.5 Å². The average molecular weight is 448 g/mol. The summed E-state index contributed by atoms with van der Waals surface area (Å²) in [7, 11) is 4.08. The van der Waals surface area contributed by atoms with Gasteiger partial charge in [-0.05, 0) is 55.9 Å². The Morgan fingerprint density at radius 1 is 1.03 bits per heavy atom. The fourth-order valence-electron chi connectivity index (χ4n) is 4.51. The van der Waals surface area contributed by atoms with Crippen LogP contribution in [0.3, 0.4) is 0 Å². The van der Waals surface area contributed by atoms with E-state index in [4.69, 9.17) is 11.6 Å². The number of halogens is 1. The van der Waals surface area contributed by atoms with Crippen molar-refractivity contribution >= 4 is 28.5 Å². The molecule has 0 aliphatic rings. The van der Waals surface area contributed by atoms with E-state index < -0.39 is 5.97 Å². The lowest BCUT2D eigenvalue weighted by molar-refractivity contribution is 0.0699. The van der Waals surface area contributed by atoms with Crippen molar-refractivity contribution in [3.63, 3.8) is 0 Å². The lowest BCUT2D eigenvalue weighted by atomic mass is 9.99. The lowest BCUT2D eigenvalue weighted by Crippen LogP contribution is -2.29. The number of aromatic nitrogens is 2. The fourth-order valence-corrected chi connectivity index (χ4v) is 4.70. The number of benzene rings is 2. The molecular weight excluding hydrogens is 422 g/mol. The van der Waals surface area contributed by atoms with E-state index in [-0.39, 0.29) is 11.7 Å². The zero-order valence-corrected chi connectivity index (χ0v) is 19.3. The van der Waals surface area contributed by atoms with Crippen LogP contribution >= 0.6 is 11.6 Å². The summed E-state index contributed by atoms with van der Waals surface area (Å²) in [6.07, 6.45) is 5.70. The molecule has 4 aromatic rings. The van der Waals surface area contributed by atoms with Crippen LogP contribution < -0.4 is 0 Å². The Labute approximate surface area is 192 Å². The third kappa shape index (κ3) is 4.01. The van der Waals surface area contributed by atoms with E-state index in [1.165, 1.54) is 0 Å². The molecule has 0 aliphatic carbocycles. The van der Waals surface area contributed by atoms with Crippen LogP contribution in [0.4, 0.5) is 0 Å². The number of rotatable bonds is 6. The van der Waals surface area contributed by atoms with Crippen molar-refractivity contribution < 1.29 is 9.90 Å². The van der Waals surface area contributed by atoms with E-state index in [9.17, 15) is 9.90 Å². The summed E-state index contributed by atoms with van der Waals surface area (Å²) in [6, 6.07) is 15.1. The molecule has 0 radical (unpaired) electrons. The first-order valence-corrected chi connectivity index (χ1v) is 10.9. The number of carboxylic acid groups (broad SMARTS) is 1. The first-order valence-electron chi connectivity index (χ1n) is 10.5. The highest BCUT2D eigenvalue weighted by molar-refractivity contribution is 6.30. The summed E-state index contributed by atoms with van der Waals surface area (Å²) in [4.78, 5) is 18.7. The van der Waals surface area contributed by atoms with Gasteiger partial charge in [0.2, 0.25) is 0 Å². The molecule has 0 saturated heterocycles. The molecule has 0 saturated carbocycles. The summed E-state index contributed by atoms with van der Waals surface area (Å²) in [5, 5.41) is 11.3. The van der Waals surface area contributed by atoms with Crippen molar-refractivity contribution in [2.45, 2.75) is 20.0 Å². The zero-order valence-electron chi connectivity index (χ0n) is 18.6. The van der Waals surface area contributed by atoms with Gasteiger partial charge in [-0.2, -0.15) is 0 Å². The monoisotopic (exact) mass is 447 g/mol. The Morgan fingerprint density at radius 2 is 1.75 bits per heavy atom. The number of aromatic carboxylic acids is 1. The number of hydrogen-bond donors (Lipinski definition) is 1. The van der Waals surface area contributed by atoms with Gasteiger partial charge in [0.1, 0.15) is 0 Å². The van der Waals surface area contributed by atoms with Gasteiger partial charge in [0.25, 0.3) is 0 Å². The van der Waals surface area contributed by atoms with Crippen molar-refractivity contribution in [2.24, 2.45) is 5.92 Å². The molecule has 6 heteroatoms. The maximum absolute atomic E-state index is 12.1. The van der Waals surface area contributed by atoms with Crippen LogP contribution in [-0.4, -0.2) is 39.6 Å². The predicted molar refractivity (Wildman–Crippen MR) is 130 cm³/mol. The third-order valence-corrected chi connectivity index (χ3v) is 5.94. The Bertz CT molecular complexity index is 1290. The molecule has 1 atom stereocenters. The van der Waals surface area contributed by atoms with Gasteiger partial charge >= 0.3 is 5.97 Å². The van der Waals surface area contributed by atoms with Crippen LogP contribution in [0.2, 0.25) is 5.02 Å². The minimum absolute atomic E-state index is 0.0689. The maximum atomic E-state index is 12.1. The van der Waals surface area contributed by atoms with Crippen LogP contribution in [0.25, 0.3) is 33.2 Å². The number of fused-ring (bicyclic) bond motifs is 1. The predicted octanol–water partition coefficient (Wildman–Crippen LogP) is 6.44. The van der Waals surface area contributed by atoms with Gasteiger partial charge < -0.3 is 9.67 Å². The molecule has 0 amide bonds. The molecule has 4 rings (SSSR count). The van der Waals surface area contributed by atoms with E-state index in [2.05, 4.69) is 34.5 Å². The van der Waals surface area contributed by atoms with Gasteiger partial charge in [0.15, 0.2) is 0 Å². The highest BCUT2D eigenvalue weighted by Gasteiger charge is 2.24. The van der Waals surface area contributed by atoms with Gasteiger partial charge in [-0.15, -0.1) is 0 Å². The highest BCUT2D eigenvalue weighted by atomic mass is 35.5. The SMILES string of the molecule is CC(C)C(N(C)C)n1cc(-c2cncc(-c3cccc(Cl)c3)c2)c2c(C(=O)O)cccc21. The first kappa shape index (κ1) is 22.1. The summed E-state index contributed by atoms with van der Waals surface area (Å²) in [5.41, 5.74) is 4.77. The summed E-state index contributed by atoms with van der Waals surface area (Å²) < 4.78 is 2.17. The van der Waals surface area contributed by atoms with Gasteiger partial charge in [0, 0.05) is 45.7 Å². The lowest BCUT2D eigenvalue weighted by Gasteiger charge is -2.30. The second kappa shape index (κ2) is 8.77. The largest absolute Gasteiger partial charge is 0.478 e.